The molecule has 0 amide bonds. The van der Waals surface area contributed by atoms with Crippen molar-refractivity contribution in [2.24, 2.45) is 0 Å². The molecule has 0 saturated carbocycles. The molecule has 0 unspecified atom stereocenters. The quantitative estimate of drug-likeness (QED) is 0.175. The van der Waals surface area contributed by atoms with E-state index >= 15 is 0 Å². The van der Waals surface area contributed by atoms with E-state index in [1.54, 1.807) is 0 Å². The van der Waals surface area contributed by atoms with Gasteiger partial charge in [-0.3, -0.25) is 0 Å². The van der Waals surface area contributed by atoms with E-state index in [1.807, 2.05) is 83.3 Å². The SMILES string of the molecule is c1ccc(-c2nc(-c3ccccc3)nc(-c3ccc4c(c3)sc3cccc(-c5ccc6sc7cccc(-n8c9ccccc9c9ccccc98)c7c6c5)c34)n2)cc1. The second-order valence-corrected chi connectivity index (χ2v) is 16.5. The molecule has 0 aliphatic heterocycles. The van der Waals surface area contributed by atoms with E-state index in [4.69, 9.17) is 15.0 Å². The Morgan fingerprint density at radius 1 is 0.333 bits per heavy atom. The van der Waals surface area contributed by atoms with Crippen LogP contribution in [0, 0.1) is 0 Å². The van der Waals surface area contributed by atoms with Gasteiger partial charge in [0.25, 0.3) is 0 Å². The van der Waals surface area contributed by atoms with Gasteiger partial charge in [-0.2, -0.15) is 0 Å². The summed E-state index contributed by atoms with van der Waals surface area (Å²) in [5.74, 6) is 1.99. The standard InChI is InChI=1S/C51H30N4S2/c1-3-13-31(14-4-1)49-52-50(32-15-5-2-6-16-32)54-51(53-49)34-25-27-38-46(30-34)57-44-23-11-19-35(47(38)44)33-26-28-43-39(29-33)48-42(22-12-24-45(48)56-43)55-40-20-9-7-17-36(40)37-18-8-10-21-41(37)55/h1-30H. The van der Waals surface area contributed by atoms with Crippen LogP contribution < -0.4 is 0 Å². The Morgan fingerprint density at radius 3 is 1.58 bits per heavy atom. The van der Waals surface area contributed by atoms with Gasteiger partial charge in [0.05, 0.1) is 16.7 Å². The first-order valence-electron chi connectivity index (χ1n) is 19.0. The van der Waals surface area contributed by atoms with Crippen LogP contribution in [-0.2, 0) is 0 Å². The number of aromatic nitrogens is 4. The molecule has 0 spiro atoms. The maximum atomic E-state index is 5.01. The average Bonchev–Trinajstić information content (AvgIpc) is 3.96. The fourth-order valence-corrected chi connectivity index (χ4v) is 10.8. The maximum Gasteiger partial charge on any atom is 0.164 e. The highest BCUT2D eigenvalue weighted by molar-refractivity contribution is 7.26. The largest absolute Gasteiger partial charge is 0.309 e. The van der Waals surface area contributed by atoms with Crippen LogP contribution in [0.3, 0.4) is 0 Å². The number of hydrogen-bond acceptors (Lipinski definition) is 5. The van der Waals surface area contributed by atoms with Crippen LogP contribution >= 0.6 is 22.7 Å². The van der Waals surface area contributed by atoms with E-state index < -0.39 is 0 Å². The normalized spacial score (nSPS) is 11.9. The lowest BCUT2D eigenvalue weighted by Gasteiger charge is -2.11. The maximum absolute atomic E-state index is 5.01. The van der Waals surface area contributed by atoms with Gasteiger partial charge in [0.15, 0.2) is 17.5 Å². The molecule has 4 aromatic heterocycles. The smallest absolute Gasteiger partial charge is 0.164 e. The van der Waals surface area contributed by atoms with Crippen LogP contribution in [0.5, 0.6) is 0 Å². The number of fused-ring (bicyclic) bond motifs is 9. The van der Waals surface area contributed by atoms with Gasteiger partial charge in [-0.1, -0.05) is 133 Å². The summed E-state index contributed by atoms with van der Waals surface area (Å²) in [7, 11) is 0. The highest BCUT2D eigenvalue weighted by atomic mass is 32.1. The molecule has 4 nitrogen and oxygen atoms in total. The van der Waals surface area contributed by atoms with Gasteiger partial charge in [0, 0.05) is 67.8 Å². The van der Waals surface area contributed by atoms with Gasteiger partial charge in [-0.25, -0.2) is 15.0 Å². The zero-order valence-electron chi connectivity index (χ0n) is 30.4. The lowest BCUT2D eigenvalue weighted by Crippen LogP contribution is -1.99. The van der Waals surface area contributed by atoms with Crippen LogP contribution in [0.2, 0.25) is 0 Å². The molecular formula is C51H30N4S2. The molecule has 8 aromatic carbocycles. The molecule has 4 heterocycles. The molecule has 266 valence electrons. The topological polar surface area (TPSA) is 43.6 Å². The summed E-state index contributed by atoms with van der Waals surface area (Å²) >= 11 is 3.69. The lowest BCUT2D eigenvalue weighted by atomic mass is 9.97. The van der Waals surface area contributed by atoms with E-state index in [1.165, 1.54) is 79.0 Å². The van der Waals surface area contributed by atoms with Gasteiger partial charge in [-0.15, -0.1) is 22.7 Å². The predicted octanol–water partition coefficient (Wildman–Crippen LogP) is 14.4. The van der Waals surface area contributed by atoms with Crippen molar-refractivity contribution in [1.29, 1.82) is 0 Å². The summed E-state index contributed by atoms with van der Waals surface area (Å²) < 4.78 is 7.49. The summed E-state index contributed by atoms with van der Waals surface area (Å²) in [5, 5.41) is 7.62. The summed E-state index contributed by atoms with van der Waals surface area (Å²) in [6.07, 6.45) is 0. The van der Waals surface area contributed by atoms with Crippen molar-refractivity contribution in [3.05, 3.63) is 182 Å². The third-order valence-electron chi connectivity index (χ3n) is 11.1. The predicted molar refractivity (Wildman–Crippen MR) is 242 cm³/mol. The van der Waals surface area contributed by atoms with Gasteiger partial charge in [0.1, 0.15) is 0 Å². The molecule has 0 aliphatic carbocycles. The molecule has 12 aromatic rings. The van der Waals surface area contributed by atoms with Crippen molar-refractivity contribution in [3.63, 3.8) is 0 Å². The summed E-state index contributed by atoms with van der Waals surface area (Å²) in [4.78, 5) is 14.9. The zero-order valence-corrected chi connectivity index (χ0v) is 32.1. The number of para-hydroxylation sites is 2. The second-order valence-electron chi connectivity index (χ2n) is 14.4. The molecule has 0 N–H and O–H groups in total. The molecule has 12 rings (SSSR count). The Kier molecular flexibility index (Phi) is 7.24. The van der Waals surface area contributed by atoms with Crippen molar-refractivity contribution in [1.82, 2.24) is 19.5 Å². The third kappa shape index (κ3) is 5.15. The zero-order chi connectivity index (χ0) is 37.5. The van der Waals surface area contributed by atoms with Crippen molar-refractivity contribution < 1.29 is 0 Å². The Hall–Kier alpha value is -6.99. The number of hydrogen-bond donors (Lipinski definition) is 0. The Morgan fingerprint density at radius 2 is 0.895 bits per heavy atom. The van der Waals surface area contributed by atoms with Crippen LogP contribution in [-0.4, -0.2) is 19.5 Å². The highest BCUT2D eigenvalue weighted by Crippen LogP contribution is 2.45. The minimum Gasteiger partial charge on any atom is -0.309 e. The molecule has 0 bridgehead atoms. The van der Waals surface area contributed by atoms with Gasteiger partial charge in [-0.05, 0) is 59.7 Å². The number of benzene rings is 8. The fraction of sp³-hybridized carbons (Fsp3) is 0. The van der Waals surface area contributed by atoms with E-state index in [2.05, 4.69) is 126 Å². The monoisotopic (exact) mass is 762 g/mol. The summed E-state index contributed by atoms with van der Waals surface area (Å²) in [6.45, 7) is 0. The van der Waals surface area contributed by atoms with Crippen molar-refractivity contribution in [3.8, 4) is 51.0 Å². The minimum atomic E-state index is 0.663. The molecule has 0 aliphatic rings. The van der Waals surface area contributed by atoms with Crippen molar-refractivity contribution >= 4 is 84.8 Å². The Labute approximate surface area is 335 Å². The summed E-state index contributed by atoms with van der Waals surface area (Å²) in [5.41, 5.74) is 9.00. The number of thiophene rings is 2. The first kappa shape index (κ1) is 32.3. The average molecular weight is 763 g/mol. The Balaban J connectivity index is 1.02. The van der Waals surface area contributed by atoms with E-state index in [-0.39, 0.29) is 0 Å². The first-order chi connectivity index (χ1) is 28.2. The van der Waals surface area contributed by atoms with E-state index in [0.29, 0.717) is 17.5 Å². The minimum absolute atomic E-state index is 0.663. The van der Waals surface area contributed by atoms with Crippen LogP contribution in [0.25, 0.3) is 113 Å². The van der Waals surface area contributed by atoms with E-state index in [9.17, 15) is 0 Å². The van der Waals surface area contributed by atoms with Crippen LogP contribution in [0.4, 0.5) is 0 Å². The highest BCUT2D eigenvalue weighted by Gasteiger charge is 2.19. The van der Waals surface area contributed by atoms with Gasteiger partial charge in [0.2, 0.25) is 0 Å². The number of nitrogens with zero attached hydrogens (tertiary/aromatic N) is 4. The molecule has 0 saturated heterocycles. The molecule has 0 fully saturated rings. The molecule has 6 heteroatoms. The van der Waals surface area contributed by atoms with Gasteiger partial charge < -0.3 is 4.57 Å². The van der Waals surface area contributed by atoms with E-state index in [0.717, 1.165) is 16.7 Å². The summed E-state index contributed by atoms with van der Waals surface area (Å²) in [6, 6.07) is 65.0. The van der Waals surface area contributed by atoms with Crippen molar-refractivity contribution in [2.75, 3.05) is 0 Å². The fourth-order valence-electron chi connectivity index (χ4n) is 8.49. The van der Waals surface area contributed by atoms with Crippen LogP contribution in [0.15, 0.2) is 182 Å². The third-order valence-corrected chi connectivity index (χ3v) is 13.3. The molecular weight excluding hydrogens is 733 g/mol. The second kappa shape index (κ2) is 12.8. The number of rotatable bonds is 5. The molecule has 0 atom stereocenters. The van der Waals surface area contributed by atoms with Gasteiger partial charge >= 0.3 is 0 Å². The molecule has 0 radical (unpaired) electrons. The van der Waals surface area contributed by atoms with Crippen LogP contribution in [0.1, 0.15) is 0 Å². The van der Waals surface area contributed by atoms with Crippen molar-refractivity contribution in [2.45, 2.75) is 0 Å². The lowest BCUT2D eigenvalue weighted by molar-refractivity contribution is 1.07. The molecule has 57 heavy (non-hydrogen) atoms. The first-order valence-corrected chi connectivity index (χ1v) is 20.7. The Bertz CT molecular complexity index is 3410.